The SMILES string of the molecule is N#Cc1cc(Br)ccc1OCC(=O)N1CCCC1. The highest BCUT2D eigenvalue weighted by Crippen LogP contribution is 2.22. The Labute approximate surface area is 114 Å². The van der Waals surface area contributed by atoms with Gasteiger partial charge in [-0.3, -0.25) is 4.79 Å². The first-order valence-electron chi connectivity index (χ1n) is 5.81. The number of rotatable bonds is 3. The summed E-state index contributed by atoms with van der Waals surface area (Å²) in [6.07, 6.45) is 2.13. The van der Waals surface area contributed by atoms with Crippen LogP contribution in [0.5, 0.6) is 5.75 Å². The number of carbonyl (C=O) groups is 1. The van der Waals surface area contributed by atoms with Gasteiger partial charge in [0.1, 0.15) is 11.8 Å². The van der Waals surface area contributed by atoms with Crippen LogP contribution in [0.4, 0.5) is 0 Å². The number of hydrogen-bond acceptors (Lipinski definition) is 3. The Morgan fingerprint density at radius 2 is 2.17 bits per heavy atom. The summed E-state index contributed by atoms with van der Waals surface area (Å²) in [6.45, 7) is 1.62. The molecule has 0 aromatic heterocycles. The number of carbonyl (C=O) groups excluding carboxylic acids is 1. The fraction of sp³-hybridized carbons (Fsp3) is 0.385. The number of benzene rings is 1. The van der Waals surface area contributed by atoms with Crippen LogP contribution in [0.25, 0.3) is 0 Å². The van der Waals surface area contributed by atoms with Gasteiger partial charge in [-0.2, -0.15) is 5.26 Å². The molecule has 1 amide bonds. The zero-order valence-corrected chi connectivity index (χ0v) is 11.4. The monoisotopic (exact) mass is 308 g/mol. The molecular formula is C13H13BrN2O2. The van der Waals surface area contributed by atoms with Crippen LogP contribution in [0.2, 0.25) is 0 Å². The van der Waals surface area contributed by atoms with E-state index in [1.807, 2.05) is 6.07 Å². The Kier molecular flexibility index (Phi) is 4.21. The van der Waals surface area contributed by atoms with Crippen LogP contribution in [0.15, 0.2) is 22.7 Å². The number of likely N-dealkylation sites (tertiary alicyclic amines) is 1. The Hall–Kier alpha value is -1.54. The van der Waals surface area contributed by atoms with E-state index >= 15 is 0 Å². The molecule has 0 atom stereocenters. The van der Waals surface area contributed by atoms with E-state index < -0.39 is 0 Å². The van der Waals surface area contributed by atoms with E-state index in [9.17, 15) is 4.79 Å². The zero-order chi connectivity index (χ0) is 13.0. The molecule has 18 heavy (non-hydrogen) atoms. The Bertz CT molecular complexity index is 490. The molecule has 1 aliphatic heterocycles. The molecule has 0 N–H and O–H groups in total. The summed E-state index contributed by atoms with van der Waals surface area (Å²) < 4.78 is 6.24. The number of ether oxygens (including phenoxy) is 1. The maximum atomic E-state index is 11.8. The number of amides is 1. The van der Waals surface area contributed by atoms with E-state index in [-0.39, 0.29) is 12.5 Å². The van der Waals surface area contributed by atoms with Gasteiger partial charge < -0.3 is 9.64 Å². The van der Waals surface area contributed by atoms with Crippen LogP contribution in [-0.4, -0.2) is 30.5 Å². The third kappa shape index (κ3) is 3.02. The largest absolute Gasteiger partial charge is 0.482 e. The summed E-state index contributed by atoms with van der Waals surface area (Å²) in [6, 6.07) is 7.21. The molecule has 0 aliphatic carbocycles. The van der Waals surface area contributed by atoms with E-state index in [2.05, 4.69) is 15.9 Å². The minimum Gasteiger partial charge on any atom is -0.482 e. The summed E-state index contributed by atoms with van der Waals surface area (Å²) in [5.74, 6) is 0.438. The van der Waals surface area contributed by atoms with Crippen molar-refractivity contribution in [2.45, 2.75) is 12.8 Å². The summed E-state index contributed by atoms with van der Waals surface area (Å²) in [7, 11) is 0. The second kappa shape index (κ2) is 5.87. The molecular weight excluding hydrogens is 296 g/mol. The van der Waals surface area contributed by atoms with Crippen LogP contribution in [0.1, 0.15) is 18.4 Å². The predicted molar refractivity (Wildman–Crippen MR) is 70.2 cm³/mol. The highest BCUT2D eigenvalue weighted by atomic mass is 79.9. The van der Waals surface area contributed by atoms with E-state index in [4.69, 9.17) is 10.00 Å². The van der Waals surface area contributed by atoms with Gasteiger partial charge in [-0.1, -0.05) is 15.9 Å². The van der Waals surface area contributed by atoms with Gasteiger partial charge in [0.2, 0.25) is 0 Å². The summed E-state index contributed by atoms with van der Waals surface area (Å²) in [5.41, 5.74) is 0.429. The van der Waals surface area contributed by atoms with Gasteiger partial charge in [-0.25, -0.2) is 0 Å². The van der Waals surface area contributed by atoms with Gasteiger partial charge in [0.15, 0.2) is 6.61 Å². The molecule has 2 rings (SSSR count). The van der Waals surface area contributed by atoms with E-state index in [0.29, 0.717) is 11.3 Å². The molecule has 5 heteroatoms. The van der Waals surface area contributed by atoms with Gasteiger partial charge >= 0.3 is 0 Å². The molecule has 0 spiro atoms. The van der Waals surface area contributed by atoms with Crippen molar-refractivity contribution in [1.82, 2.24) is 4.90 Å². The third-order valence-electron chi connectivity index (χ3n) is 2.87. The van der Waals surface area contributed by atoms with Gasteiger partial charge in [0.25, 0.3) is 5.91 Å². The zero-order valence-electron chi connectivity index (χ0n) is 9.86. The second-order valence-corrected chi connectivity index (χ2v) is 5.04. The van der Waals surface area contributed by atoms with Crippen LogP contribution in [0, 0.1) is 11.3 Å². The van der Waals surface area contributed by atoms with E-state index in [0.717, 1.165) is 30.4 Å². The van der Waals surface area contributed by atoms with Crippen molar-refractivity contribution in [2.24, 2.45) is 0 Å². The normalized spacial score (nSPS) is 14.3. The van der Waals surface area contributed by atoms with Crippen LogP contribution in [0.3, 0.4) is 0 Å². The minimum atomic E-state index is -0.0145. The van der Waals surface area contributed by atoms with Crippen LogP contribution >= 0.6 is 15.9 Å². The van der Waals surface area contributed by atoms with Crippen molar-refractivity contribution < 1.29 is 9.53 Å². The highest BCUT2D eigenvalue weighted by molar-refractivity contribution is 9.10. The molecule has 1 heterocycles. The first-order valence-corrected chi connectivity index (χ1v) is 6.60. The van der Waals surface area contributed by atoms with Crippen molar-refractivity contribution in [3.8, 4) is 11.8 Å². The summed E-state index contributed by atoms with van der Waals surface area (Å²) >= 11 is 3.29. The lowest BCUT2D eigenvalue weighted by Crippen LogP contribution is -2.32. The van der Waals surface area contributed by atoms with Crippen molar-refractivity contribution in [3.63, 3.8) is 0 Å². The molecule has 0 saturated carbocycles. The number of hydrogen-bond donors (Lipinski definition) is 0. The van der Waals surface area contributed by atoms with Crippen LogP contribution < -0.4 is 4.74 Å². The van der Waals surface area contributed by atoms with Gasteiger partial charge in [0.05, 0.1) is 5.56 Å². The molecule has 1 aromatic rings. The van der Waals surface area contributed by atoms with Gasteiger partial charge in [-0.15, -0.1) is 0 Å². The quantitative estimate of drug-likeness (QED) is 0.861. The second-order valence-electron chi connectivity index (χ2n) is 4.13. The average Bonchev–Trinajstić information content (AvgIpc) is 2.90. The molecule has 0 unspecified atom stereocenters. The lowest BCUT2D eigenvalue weighted by molar-refractivity contribution is -0.132. The summed E-state index contributed by atoms with van der Waals surface area (Å²) in [5, 5.41) is 8.97. The molecule has 94 valence electrons. The fourth-order valence-electron chi connectivity index (χ4n) is 1.91. The smallest absolute Gasteiger partial charge is 0.260 e. The fourth-order valence-corrected chi connectivity index (χ4v) is 2.27. The number of halogens is 1. The first kappa shape index (κ1) is 12.9. The molecule has 0 radical (unpaired) electrons. The van der Waals surface area contributed by atoms with Gasteiger partial charge in [-0.05, 0) is 31.0 Å². The maximum absolute atomic E-state index is 11.8. The topological polar surface area (TPSA) is 53.3 Å². The van der Waals surface area contributed by atoms with Crippen molar-refractivity contribution >= 4 is 21.8 Å². The maximum Gasteiger partial charge on any atom is 0.260 e. The minimum absolute atomic E-state index is 0.00366. The van der Waals surface area contributed by atoms with E-state index in [1.54, 1.807) is 23.1 Å². The molecule has 1 aliphatic rings. The number of nitriles is 1. The summed E-state index contributed by atoms with van der Waals surface area (Å²) in [4.78, 5) is 13.6. The highest BCUT2D eigenvalue weighted by Gasteiger charge is 2.18. The molecule has 1 saturated heterocycles. The van der Waals surface area contributed by atoms with Crippen molar-refractivity contribution in [2.75, 3.05) is 19.7 Å². The standard InChI is InChI=1S/C13H13BrN2O2/c14-11-3-4-12(10(7-11)8-15)18-9-13(17)16-5-1-2-6-16/h3-4,7H,1-2,5-6,9H2. The van der Waals surface area contributed by atoms with Crippen molar-refractivity contribution in [1.29, 1.82) is 5.26 Å². The van der Waals surface area contributed by atoms with Crippen LogP contribution in [-0.2, 0) is 4.79 Å². The Morgan fingerprint density at radius 3 is 2.83 bits per heavy atom. The first-order chi connectivity index (χ1) is 8.70. The molecule has 4 nitrogen and oxygen atoms in total. The Morgan fingerprint density at radius 1 is 1.44 bits per heavy atom. The van der Waals surface area contributed by atoms with E-state index in [1.165, 1.54) is 0 Å². The molecule has 1 aromatic carbocycles. The Balaban J connectivity index is 1.97. The van der Waals surface area contributed by atoms with Crippen molar-refractivity contribution in [3.05, 3.63) is 28.2 Å². The third-order valence-corrected chi connectivity index (χ3v) is 3.37. The average molecular weight is 309 g/mol. The lowest BCUT2D eigenvalue weighted by atomic mass is 10.2. The number of nitrogens with zero attached hydrogens (tertiary/aromatic N) is 2. The van der Waals surface area contributed by atoms with Gasteiger partial charge in [0, 0.05) is 17.6 Å². The molecule has 0 bridgehead atoms. The predicted octanol–water partition coefficient (Wildman–Crippen LogP) is 2.32. The lowest BCUT2D eigenvalue weighted by Gasteiger charge is -2.15. The molecule has 1 fully saturated rings.